The minimum absolute atomic E-state index is 0.0821. The average Bonchev–Trinajstić information content (AvgIpc) is 3.39. The second-order valence-corrected chi connectivity index (χ2v) is 20.6. The number of unbranched alkanes of at least 4 members (excludes halogenated alkanes) is 31. The van der Waals surface area contributed by atoms with E-state index in [1.54, 1.807) is 0 Å². The molecule has 1 unspecified atom stereocenters. The average molecular weight is 1020 g/mol. The van der Waals surface area contributed by atoms with E-state index >= 15 is 0 Å². The first kappa shape index (κ1) is 69.6. The van der Waals surface area contributed by atoms with E-state index < -0.39 is 6.10 Å². The van der Waals surface area contributed by atoms with Crippen LogP contribution in [0.5, 0.6) is 0 Å². The maximum absolute atomic E-state index is 12.8. The molecule has 0 radical (unpaired) electrons. The van der Waals surface area contributed by atoms with Crippen LogP contribution in [-0.2, 0) is 28.6 Å². The van der Waals surface area contributed by atoms with Crippen LogP contribution in [0.3, 0.4) is 0 Å². The van der Waals surface area contributed by atoms with Crippen molar-refractivity contribution in [3.8, 4) is 0 Å². The van der Waals surface area contributed by atoms with Gasteiger partial charge in [0.05, 0.1) is 0 Å². The van der Waals surface area contributed by atoms with Gasteiger partial charge in [-0.1, -0.05) is 266 Å². The molecular formula is C67H116O6. The molecule has 0 aromatic heterocycles. The molecule has 0 amide bonds. The second-order valence-electron chi connectivity index (χ2n) is 20.6. The molecule has 0 saturated carbocycles. The molecule has 6 nitrogen and oxygen atoms in total. The van der Waals surface area contributed by atoms with Gasteiger partial charge in [0.25, 0.3) is 0 Å². The zero-order chi connectivity index (χ0) is 52.9. The third-order valence-corrected chi connectivity index (χ3v) is 13.3. The van der Waals surface area contributed by atoms with Crippen LogP contribution in [0.2, 0.25) is 0 Å². The van der Waals surface area contributed by atoms with Crippen molar-refractivity contribution in [1.29, 1.82) is 0 Å². The Kier molecular flexibility index (Phi) is 58.3. The first-order chi connectivity index (χ1) is 36.0. The lowest BCUT2D eigenvalue weighted by molar-refractivity contribution is -0.167. The summed E-state index contributed by atoms with van der Waals surface area (Å²) in [6.45, 7) is 6.42. The summed E-state index contributed by atoms with van der Waals surface area (Å²) in [5.41, 5.74) is 0. The molecular weight excluding hydrogens is 901 g/mol. The second kappa shape index (κ2) is 61.1. The van der Waals surface area contributed by atoms with Crippen molar-refractivity contribution in [3.63, 3.8) is 0 Å². The third kappa shape index (κ3) is 59.3. The van der Waals surface area contributed by atoms with E-state index in [2.05, 4.69) is 106 Å². The first-order valence-electron chi connectivity index (χ1n) is 31.1. The Morgan fingerprint density at radius 3 is 0.904 bits per heavy atom. The van der Waals surface area contributed by atoms with Crippen LogP contribution in [0, 0.1) is 0 Å². The molecule has 0 saturated heterocycles. The lowest BCUT2D eigenvalue weighted by Crippen LogP contribution is -2.30. The summed E-state index contributed by atoms with van der Waals surface area (Å²) in [5.74, 6) is -0.899. The molecule has 0 aromatic rings. The smallest absolute Gasteiger partial charge is 0.306 e. The maximum Gasteiger partial charge on any atom is 0.306 e. The Hall–Kier alpha value is -3.41. The molecule has 6 heteroatoms. The molecule has 0 fully saturated rings. The van der Waals surface area contributed by atoms with Crippen LogP contribution in [-0.4, -0.2) is 37.2 Å². The van der Waals surface area contributed by atoms with Gasteiger partial charge in [-0.3, -0.25) is 14.4 Å². The summed E-state index contributed by atoms with van der Waals surface area (Å²) in [5, 5.41) is 0. The molecule has 0 rings (SSSR count). The Morgan fingerprint density at radius 1 is 0.288 bits per heavy atom. The van der Waals surface area contributed by atoms with E-state index in [0.717, 1.165) is 122 Å². The molecule has 0 heterocycles. The van der Waals surface area contributed by atoms with Gasteiger partial charge in [0, 0.05) is 19.3 Å². The zero-order valence-electron chi connectivity index (χ0n) is 48.1. The van der Waals surface area contributed by atoms with Crippen LogP contribution in [0.25, 0.3) is 0 Å². The summed E-state index contributed by atoms with van der Waals surface area (Å²) < 4.78 is 16.8. The highest BCUT2D eigenvalue weighted by Gasteiger charge is 2.19. The normalized spacial score (nSPS) is 12.6. The Morgan fingerprint density at radius 2 is 0.562 bits per heavy atom. The SMILES string of the molecule is CC/C=C\C/C=C\C/C=C\C/C=C\CCCCCCCCCCCCCCCCCCCCC(=O)OCC(COC(=O)CCCCCCC/C=C\CCC)OC(=O)CCCCCCC/C=C\C/C=C\CCCC. The number of carbonyl (C=O) groups is 3. The largest absolute Gasteiger partial charge is 0.462 e. The monoisotopic (exact) mass is 1020 g/mol. The van der Waals surface area contributed by atoms with E-state index in [1.807, 2.05) is 0 Å². The Labute approximate surface area is 452 Å². The van der Waals surface area contributed by atoms with Gasteiger partial charge in [-0.15, -0.1) is 0 Å². The van der Waals surface area contributed by atoms with Gasteiger partial charge in [0.1, 0.15) is 13.2 Å². The number of hydrogen-bond donors (Lipinski definition) is 0. The standard InChI is InChI=1S/C67H116O6/c1-4-7-10-13-16-19-22-24-26-27-28-29-30-31-32-33-34-35-36-37-38-39-40-41-42-44-45-48-51-54-57-60-66(69)72-63-64(62-71-65(68)59-56-53-50-47-21-18-15-12-9-6-3)73-67(70)61-58-55-52-49-46-43-25-23-20-17-14-11-8-5-2/h7,10,12,14-17,19,23-26,28-29,64H,4-6,8-9,11,13,18,20-22,27,30-63H2,1-3H3/b10-7-,15-12-,17-14-,19-16-,25-23-,26-24-,29-28-. The van der Waals surface area contributed by atoms with Gasteiger partial charge in [-0.05, 0) is 103 Å². The number of ether oxygens (including phenoxy) is 3. The number of rotatable bonds is 56. The molecule has 0 N–H and O–H groups in total. The summed E-state index contributed by atoms with van der Waals surface area (Å²) in [4.78, 5) is 38.1. The van der Waals surface area contributed by atoms with Crippen molar-refractivity contribution in [2.45, 2.75) is 309 Å². The molecule has 0 aromatic carbocycles. The highest BCUT2D eigenvalue weighted by Crippen LogP contribution is 2.17. The molecule has 420 valence electrons. The minimum atomic E-state index is -0.784. The van der Waals surface area contributed by atoms with E-state index in [4.69, 9.17) is 14.2 Å². The minimum Gasteiger partial charge on any atom is -0.462 e. The number of allylic oxidation sites excluding steroid dienone is 14. The predicted octanol–water partition coefficient (Wildman–Crippen LogP) is 21.1. The van der Waals surface area contributed by atoms with Crippen molar-refractivity contribution < 1.29 is 28.6 Å². The van der Waals surface area contributed by atoms with Crippen molar-refractivity contribution in [2.75, 3.05) is 13.2 Å². The van der Waals surface area contributed by atoms with Crippen molar-refractivity contribution in [1.82, 2.24) is 0 Å². The number of esters is 3. The van der Waals surface area contributed by atoms with E-state index in [1.165, 1.54) is 141 Å². The van der Waals surface area contributed by atoms with E-state index in [9.17, 15) is 14.4 Å². The summed E-state index contributed by atoms with van der Waals surface area (Å²) in [6.07, 6.45) is 80.4. The van der Waals surface area contributed by atoms with E-state index in [0.29, 0.717) is 19.3 Å². The molecule has 1 atom stereocenters. The lowest BCUT2D eigenvalue weighted by atomic mass is 10.0. The summed E-state index contributed by atoms with van der Waals surface area (Å²) in [7, 11) is 0. The fraction of sp³-hybridized carbons (Fsp3) is 0.746. The van der Waals surface area contributed by atoms with Crippen LogP contribution in [0.4, 0.5) is 0 Å². The van der Waals surface area contributed by atoms with Crippen molar-refractivity contribution >= 4 is 17.9 Å². The fourth-order valence-electron chi connectivity index (χ4n) is 8.69. The van der Waals surface area contributed by atoms with Crippen LogP contribution in [0.15, 0.2) is 85.1 Å². The summed E-state index contributed by atoms with van der Waals surface area (Å²) >= 11 is 0. The van der Waals surface area contributed by atoms with Crippen molar-refractivity contribution in [3.05, 3.63) is 85.1 Å². The highest BCUT2D eigenvalue weighted by molar-refractivity contribution is 5.71. The van der Waals surface area contributed by atoms with Crippen LogP contribution < -0.4 is 0 Å². The van der Waals surface area contributed by atoms with Gasteiger partial charge in [0.15, 0.2) is 6.10 Å². The van der Waals surface area contributed by atoms with Gasteiger partial charge in [-0.25, -0.2) is 0 Å². The highest BCUT2D eigenvalue weighted by atomic mass is 16.6. The first-order valence-corrected chi connectivity index (χ1v) is 31.1. The van der Waals surface area contributed by atoms with Gasteiger partial charge in [-0.2, -0.15) is 0 Å². The molecule has 0 spiro atoms. The zero-order valence-corrected chi connectivity index (χ0v) is 48.1. The lowest BCUT2D eigenvalue weighted by Gasteiger charge is -2.18. The topological polar surface area (TPSA) is 78.9 Å². The van der Waals surface area contributed by atoms with Gasteiger partial charge < -0.3 is 14.2 Å². The maximum atomic E-state index is 12.8. The molecule has 0 aliphatic carbocycles. The van der Waals surface area contributed by atoms with E-state index in [-0.39, 0.29) is 31.1 Å². The predicted molar refractivity (Wildman–Crippen MR) is 316 cm³/mol. The molecule has 0 aliphatic rings. The fourth-order valence-corrected chi connectivity index (χ4v) is 8.69. The Bertz CT molecular complexity index is 1400. The molecule has 73 heavy (non-hydrogen) atoms. The Balaban J connectivity index is 4.10. The van der Waals surface area contributed by atoms with Gasteiger partial charge in [0.2, 0.25) is 0 Å². The number of hydrogen-bond acceptors (Lipinski definition) is 6. The summed E-state index contributed by atoms with van der Waals surface area (Å²) in [6, 6.07) is 0. The van der Waals surface area contributed by atoms with Crippen LogP contribution in [0.1, 0.15) is 303 Å². The third-order valence-electron chi connectivity index (χ3n) is 13.3. The molecule has 0 aliphatic heterocycles. The number of carbonyl (C=O) groups excluding carboxylic acids is 3. The van der Waals surface area contributed by atoms with Crippen LogP contribution >= 0.6 is 0 Å². The van der Waals surface area contributed by atoms with Gasteiger partial charge >= 0.3 is 17.9 Å². The van der Waals surface area contributed by atoms with Crippen molar-refractivity contribution in [2.24, 2.45) is 0 Å². The molecule has 0 bridgehead atoms. The quantitative estimate of drug-likeness (QED) is 0.0261.